The van der Waals surface area contributed by atoms with Crippen LogP contribution in [0, 0.1) is 11.8 Å². The van der Waals surface area contributed by atoms with Gasteiger partial charge in [-0.3, -0.25) is 62.3 Å². The molecule has 1 saturated heterocycles. The normalized spacial score (nSPS) is 22.7. The second-order valence-corrected chi connectivity index (χ2v) is 20.6. The van der Waals surface area contributed by atoms with Crippen LogP contribution >= 0.6 is 0 Å². The van der Waals surface area contributed by atoms with E-state index in [4.69, 9.17) is 5.73 Å². The second-order valence-electron chi connectivity index (χ2n) is 20.6. The van der Waals surface area contributed by atoms with E-state index in [1.54, 1.807) is 74.5 Å². The SMILES string of the molecule is CC(C)CC1C(=O)NC(C)C(=O)NC(C(C)C)C(=O)NC(Cc2ccccc2)C(=O)NC(C(=O)N(C)[C@@H](C)C(=O)N[C@@H](CO)C(=O)NCC(N)=O)CC(=O)NCC(=O)NC(C)C(=O)N(C)C(Cc2ccccc2)C(=O)NCC(=O)N1C. The molecule has 2 aromatic carbocycles. The Morgan fingerprint density at radius 3 is 1.81 bits per heavy atom. The van der Waals surface area contributed by atoms with Gasteiger partial charge in [-0.25, -0.2) is 0 Å². The molecule has 0 radical (unpaired) electrons. The van der Waals surface area contributed by atoms with Gasteiger partial charge >= 0.3 is 0 Å². The molecule has 9 atom stereocenters. The van der Waals surface area contributed by atoms with E-state index >= 15 is 0 Å². The predicted molar refractivity (Wildman–Crippen MR) is 293 cm³/mol. The van der Waals surface area contributed by atoms with E-state index in [0.717, 1.165) is 21.7 Å². The Bertz CT molecular complexity index is 2590. The minimum atomic E-state index is -1.85. The molecule has 2 aromatic rings. The molecule has 27 nitrogen and oxygen atoms in total. The molecule has 13 amide bonds. The number of carbonyl (C=O) groups is 13. The molecule has 1 aliphatic rings. The van der Waals surface area contributed by atoms with Crippen molar-refractivity contribution >= 4 is 76.8 Å². The third-order valence-electron chi connectivity index (χ3n) is 13.3. The van der Waals surface area contributed by atoms with Gasteiger partial charge in [-0.15, -0.1) is 0 Å². The molecule has 1 aliphatic heterocycles. The molecule has 1 fully saturated rings. The van der Waals surface area contributed by atoms with Crippen molar-refractivity contribution in [2.45, 2.75) is 129 Å². The molecule has 1 heterocycles. The average Bonchev–Trinajstić information content (AvgIpc) is 3.45. The summed E-state index contributed by atoms with van der Waals surface area (Å²) in [5.41, 5.74) is 6.24. The summed E-state index contributed by atoms with van der Waals surface area (Å²) in [5, 5.41) is 32.0. The fourth-order valence-corrected chi connectivity index (χ4v) is 8.34. The van der Waals surface area contributed by atoms with E-state index in [-0.39, 0.29) is 25.2 Å². The predicted octanol–water partition coefficient (Wildman–Crippen LogP) is -4.15. The zero-order valence-corrected chi connectivity index (χ0v) is 47.5. The molecule has 27 heteroatoms. The summed E-state index contributed by atoms with van der Waals surface area (Å²) in [4.78, 5) is 180. The van der Waals surface area contributed by atoms with Crippen molar-refractivity contribution in [2.75, 3.05) is 47.4 Å². The number of nitrogens with zero attached hydrogens (tertiary/aromatic N) is 3. The number of aliphatic hydroxyl groups excluding tert-OH is 1. The maximum Gasteiger partial charge on any atom is 0.246 e. The number of likely N-dealkylation sites (N-methyl/N-ethyl adjacent to an activating group) is 3. The number of primary amides is 1. The first-order valence-corrected chi connectivity index (χ1v) is 26.5. The Morgan fingerprint density at radius 2 is 1.26 bits per heavy atom. The van der Waals surface area contributed by atoms with Crippen LogP contribution in [0.15, 0.2) is 60.7 Å². The van der Waals surface area contributed by atoms with E-state index < -0.39 is 170 Å². The van der Waals surface area contributed by atoms with E-state index in [1.807, 2.05) is 13.8 Å². The number of aliphatic hydroxyl groups is 1. The van der Waals surface area contributed by atoms with Crippen molar-refractivity contribution in [3.05, 3.63) is 71.8 Å². The van der Waals surface area contributed by atoms with Crippen molar-refractivity contribution in [2.24, 2.45) is 17.6 Å². The molecule has 3 rings (SSSR count). The van der Waals surface area contributed by atoms with E-state index in [1.165, 1.54) is 34.9 Å². The van der Waals surface area contributed by atoms with Crippen LogP contribution in [-0.2, 0) is 75.2 Å². The molecule has 7 unspecified atom stereocenters. The summed E-state index contributed by atoms with van der Waals surface area (Å²) < 4.78 is 0. The highest BCUT2D eigenvalue weighted by atomic mass is 16.3. The lowest BCUT2D eigenvalue weighted by atomic mass is 10.00. The number of nitrogens with two attached hydrogens (primary N) is 1. The Hall–Kier alpha value is -8.49. The molecular weight excluding hydrogens is 1050 g/mol. The van der Waals surface area contributed by atoms with Gasteiger partial charge in [0, 0.05) is 34.0 Å². The fourth-order valence-electron chi connectivity index (χ4n) is 8.34. The van der Waals surface area contributed by atoms with Gasteiger partial charge in [-0.1, -0.05) is 88.4 Å². The Labute approximate surface area is 470 Å². The van der Waals surface area contributed by atoms with Crippen molar-refractivity contribution in [3.8, 4) is 0 Å². The first-order chi connectivity index (χ1) is 38.1. The maximum atomic E-state index is 14.6. The number of hydrogen-bond donors (Lipinski definition) is 11. The largest absolute Gasteiger partial charge is 0.394 e. The van der Waals surface area contributed by atoms with Crippen LogP contribution in [0.4, 0.5) is 0 Å². The molecule has 0 saturated carbocycles. The highest BCUT2D eigenvalue weighted by Crippen LogP contribution is 2.15. The third kappa shape index (κ3) is 20.9. The van der Waals surface area contributed by atoms with Gasteiger partial charge in [-0.2, -0.15) is 0 Å². The number of rotatable bonds is 15. The van der Waals surface area contributed by atoms with Crippen molar-refractivity contribution in [1.82, 2.24) is 62.6 Å². The lowest BCUT2D eigenvalue weighted by Gasteiger charge is -2.32. The van der Waals surface area contributed by atoms with E-state index in [9.17, 15) is 67.4 Å². The minimum absolute atomic E-state index is 0.0336. The van der Waals surface area contributed by atoms with Crippen LogP contribution in [-0.4, -0.2) is 198 Å². The molecule has 0 spiro atoms. The van der Waals surface area contributed by atoms with Crippen LogP contribution in [0.5, 0.6) is 0 Å². The quantitative estimate of drug-likeness (QED) is 0.0807. The topological polar surface area (TPSA) is 386 Å². The number of amides is 13. The van der Waals surface area contributed by atoms with Gasteiger partial charge in [0.05, 0.1) is 32.7 Å². The Morgan fingerprint density at radius 1 is 0.667 bits per heavy atom. The number of nitrogens with one attached hydrogen (secondary N) is 9. The smallest absolute Gasteiger partial charge is 0.246 e. The Balaban J connectivity index is 2.12. The second kappa shape index (κ2) is 31.9. The molecular formula is C54H79N13O14. The molecule has 0 aromatic heterocycles. The van der Waals surface area contributed by atoms with Gasteiger partial charge < -0.3 is 73.4 Å². The summed E-state index contributed by atoms with van der Waals surface area (Å²) >= 11 is 0. The fraction of sp³-hybridized carbons (Fsp3) is 0.537. The molecule has 12 N–H and O–H groups in total. The standard InChI is InChI=1S/C54H79N13O14/c1-29(2)21-39-51(78)60-31(5)46(73)64-45(30(3)4)52(79)61-36(22-34-17-13-11-14-18-34)49(76)62-37(54(81)65(8)33(7)47(74)63-38(28-68)48(75)57-25-41(55)69)24-42(70)56-26-43(71)59-32(6)53(80)67(10)40(23-35-19-15-12-16-20-35)50(77)58-27-44(72)66(39)9/h11-20,29-33,36-40,45,68H,21-28H2,1-10H3,(H2,55,69)(H,56,70)(H,57,75)(H,58,77)(H,59,71)(H,60,78)(H,61,79)(H,62,76)(H,63,74)(H,64,73)/t31?,32?,33-,36?,37?,38-,39?,40?,45?/m0/s1. The van der Waals surface area contributed by atoms with Gasteiger partial charge in [0.15, 0.2) is 0 Å². The van der Waals surface area contributed by atoms with Gasteiger partial charge in [-0.05, 0) is 50.2 Å². The van der Waals surface area contributed by atoms with E-state index in [0.29, 0.717) is 11.1 Å². The highest BCUT2D eigenvalue weighted by Gasteiger charge is 2.38. The van der Waals surface area contributed by atoms with Gasteiger partial charge in [0.2, 0.25) is 76.8 Å². The maximum absolute atomic E-state index is 14.6. The van der Waals surface area contributed by atoms with Crippen molar-refractivity contribution in [1.29, 1.82) is 0 Å². The zero-order valence-electron chi connectivity index (χ0n) is 47.5. The third-order valence-corrected chi connectivity index (χ3v) is 13.3. The molecule has 444 valence electrons. The molecule has 0 bridgehead atoms. The number of carbonyl (C=O) groups excluding carboxylic acids is 13. The lowest BCUT2D eigenvalue weighted by molar-refractivity contribution is -0.144. The van der Waals surface area contributed by atoms with Crippen molar-refractivity contribution < 1.29 is 67.4 Å². The van der Waals surface area contributed by atoms with Gasteiger partial charge in [0.1, 0.15) is 54.4 Å². The molecule has 0 aliphatic carbocycles. The Kier molecular flexibility index (Phi) is 26.3. The van der Waals surface area contributed by atoms with Crippen LogP contribution in [0.1, 0.15) is 72.4 Å². The molecule has 81 heavy (non-hydrogen) atoms. The lowest BCUT2D eigenvalue weighted by Crippen LogP contribution is -2.61. The van der Waals surface area contributed by atoms with Crippen LogP contribution in [0.25, 0.3) is 0 Å². The van der Waals surface area contributed by atoms with Crippen LogP contribution < -0.4 is 53.6 Å². The first kappa shape index (κ1) is 66.8. The zero-order chi connectivity index (χ0) is 60.8. The highest BCUT2D eigenvalue weighted by molar-refractivity contribution is 6.00. The van der Waals surface area contributed by atoms with Crippen LogP contribution in [0.2, 0.25) is 0 Å². The van der Waals surface area contributed by atoms with Gasteiger partial charge in [0.25, 0.3) is 0 Å². The van der Waals surface area contributed by atoms with Crippen LogP contribution in [0.3, 0.4) is 0 Å². The summed E-state index contributed by atoms with van der Waals surface area (Å²) in [7, 11) is 3.83. The number of benzene rings is 2. The van der Waals surface area contributed by atoms with E-state index in [2.05, 4.69) is 47.9 Å². The summed E-state index contributed by atoms with van der Waals surface area (Å²) in [6, 6.07) is 4.16. The first-order valence-electron chi connectivity index (χ1n) is 26.5. The minimum Gasteiger partial charge on any atom is -0.394 e. The average molecular weight is 1130 g/mol. The summed E-state index contributed by atoms with van der Waals surface area (Å²) in [6.07, 6.45) is -1.01. The summed E-state index contributed by atoms with van der Waals surface area (Å²) in [5.74, 6) is -12.3. The summed E-state index contributed by atoms with van der Waals surface area (Å²) in [6.45, 7) is 7.83. The number of hydrogen-bond acceptors (Lipinski definition) is 14. The monoisotopic (exact) mass is 1130 g/mol. The van der Waals surface area contributed by atoms with Crippen molar-refractivity contribution in [3.63, 3.8) is 0 Å².